The van der Waals surface area contributed by atoms with E-state index in [2.05, 4.69) is 27.7 Å². The summed E-state index contributed by atoms with van der Waals surface area (Å²) in [4.78, 5) is 19.3. The Morgan fingerprint density at radius 3 is 2.34 bits per heavy atom. The highest BCUT2D eigenvalue weighted by molar-refractivity contribution is 7.14. The molecule has 0 fully saturated rings. The van der Waals surface area contributed by atoms with Gasteiger partial charge >= 0.3 is 0 Å². The molecule has 0 aliphatic carbocycles. The topological polar surface area (TPSA) is 45.2 Å². The molecule has 1 heterocycles. The van der Waals surface area contributed by atoms with Crippen molar-refractivity contribution in [3.05, 3.63) is 95.4 Å². The third-order valence-electron chi connectivity index (χ3n) is 4.75. The van der Waals surface area contributed by atoms with E-state index < -0.39 is 0 Å². The molecule has 4 aromatic rings. The number of aromatic nitrogens is 1. The van der Waals surface area contributed by atoms with E-state index in [1.54, 1.807) is 11.3 Å². The molecule has 0 spiro atoms. The van der Waals surface area contributed by atoms with Gasteiger partial charge in [-0.3, -0.25) is 4.79 Å². The third kappa shape index (κ3) is 4.20. The summed E-state index contributed by atoms with van der Waals surface area (Å²) in [7, 11) is 2.02. The molecule has 1 aromatic heterocycles. The number of rotatable bonds is 5. The van der Waals surface area contributed by atoms with E-state index in [1.165, 1.54) is 0 Å². The first kappa shape index (κ1) is 18.9. The summed E-state index contributed by atoms with van der Waals surface area (Å²) < 4.78 is 0. The molecule has 0 atom stereocenters. The summed E-state index contributed by atoms with van der Waals surface area (Å²) in [6.45, 7) is 1.93. The predicted octanol–water partition coefficient (Wildman–Crippen LogP) is 6.14. The summed E-state index contributed by atoms with van der Waals surface area (Å²) in [5, 5.41) is 5.94. The van der Waals surface area contributed by atoms with E-state index in [0.29, 0.717) is 5.56 Å². The van der Waals surface area contributed by atoms with Crippen molar-refractivity contribution in [3.8, 4) is 11.3 Å². The van der Waals surface area contributed by atoms with Gasteiger partial charge in [-0.05, 0) is 42.8 Å². The fourth-order valence-corrected chi connectivity index (χ4v) is 3.88. The van der Waals surface area contributed by atoms with Crippen molar-refractivity contribution in [1.29, 1.82) is 0 Å². The number of carbonyl (C=O) groups excluding carboxylic acids is 1. The first-order valence-corrected chi connectivity index (χ1v) is 10.2. The van der Waals surface area contributed by atoms with E-state index in [4.69, 9.17) is 4.98 Å². The highest BCUT2D eigenvalue weighted by Crippen LogP contribution is 2.31. The van der Waals surface area contributed by atoms with Crippen LogP contribution in [-0.4, -0.2) is 17.9 Å². The number of amides is 1. The molecule has 5 heteroatoms. The number of aryl methyl sites for hydroxylation is 1. The van der Waals surface area contributed by atoms with E-state index >= 15 is 0 Å². The molecule has 1 N–H and O–H groups in total. The molecule has 0 bridgehead atoms. The molecule has 0 aliphatic heterocycles. The smallest absolute Gasteiger partial charge is 0.255 e. The van der Waals surface area contributed by atoms with Crippen LogP contribution in [0.25, 0.3) is 11.3 Å². The van der Waals surface area contributed by atoms with Crippen LogP contribution in [0.4, 0.5) is 16.5 Å². The first-order valence-electron chi connectivity index (χ1n) is 9.33. The standard InChI is InChI=1S/C24H21N3OS/c1-17-8-6-7-11-21(17)23(28)25-19-14-12-18(13-15-19)22-16-29-24(26-22)27(2)20-9-4-3-5-10-20/h3-16H,1-2H3,(H,25,28). The molecule has 0 aliphatic rings. The summed E-state index contributed by atoms with van der Waals surface area (Å²) in [6, 6.07) is 25.5. The molecule has 4 nitrogen and oxygen atoms in total. The zero-order valence-electron chi connectivity index (χ0n) is 16.3. The Bertz CT molecular complexity index is 1120. The fourth-order valence-electron chi connectivity index (χ4n) is 3.06. The SMILES string of the molecule is Cc1ccccc1C(=O)Nc1ccc(-c2csc(N(C)c3ccccc3)n2)cc1. The number of hydrogen-bond acceptors (Lipinski definition) is 4. The van der Waals surface area contributed by atoms with E-state index in [9.17, 15) is 4.79 Å². The minimum Gasteiger partial charge on any atom is -0.322 e. The third-order valence-corrected chi connectivity index (χ3v) is 5.67. The second-order valence-corrected chi connectivity index (χ2v) is 7.59. The van der Waals surface area contributed by atoms with Gasteiger partial charge in [0.2, 0.25) is 0 Å². The lowest BCUT2D eigenvalue weighted by Gasteiger charge is -2.15. The van der Waals surface area contributed by atoms with Crippen molar-refractivity contribution in [3.63, 3.8) is 0 Å². The normalized spacial score (nSPS) is 10.6. The Kier molecular flexibility index (Phi) is 5.40. The lowest BCUT2D eigenvalue weighted by atomic mass is 10.1. The Morgan fingerprint density at radius 2 is 1.62 bits per heavy atom. The summed E-state index contributed by atoms with van der Waals surface area (Å²) in [5.41, 5.74) is 5.44. The van der Waals surface area contributed by atoms with Gasteiger partial charge in [-0.1, -0.05) is 48.5 Å². The first-order chi connectivity index (χ1) is 14.1. The molecular formula is C24H21N3OS. The second-order valence-electron chi connectivity index (χ2n) is 6.76. The van der Waals surface area contributed by atoms with E-state index in [-0.39, 0.29) is 5.91 Å². The van der Waals surface area contributed by atoms with Gasteiger partial charge in [0, 0.05) is 34.9 Å². The van der Waals surface area contributed by atoms with Crippen molar-refractivity contribution in [1.82, 2.24) is 4.98 Å². The maximum Gasteiger partial charge on any atom is 0.255 e. The number of nitrogens with one attached hydrogen (secondary N) is 1. The number of benzene rings is 3. The van der Waals surface area contributed by atoms with E-state index in [1.807, 2.05) is 80.7 Å². The molecule has 0 unspecified atom stereocenters. The van der Waals surface area contributed by atoms with Crippen LogP contribution >= 0.6 is 11.3 Å². The average molecular weight is 400 g/mol. The lowest BCUT2D eigenvalue weighted by molar-refractivity contribution is 0.102. The van der Waals surface area contributed by atoms with Crippen LogP contribution in [0, 0.1) is 6.92 Å². The summed E-state index contributed by atoms with van der Waals surface area (Å²) >= 11 is 1.61. The minimum atomic E-state index is -0.101. The molecule has 144 valence electrons. The Morgan fingerprint density at radius 1 is 0.931 bits per heavy atom. The molecule has 3 aromatic carbocycles. The van der Waals surface area contributed by atoms with Gasteiger partial charge in [0.1, 0.15) is 0 Å². The molecular weight excluding hydrogens is 378 g/mol. The van der Waals surface area contributed by atoms with Crippen LogP contribution in [0.15, 0.2) is 84.2 Å². The van der Waals surface area contributed by atoms with Crippen molar-refractivity contribution < 1.29 is 4.79 Å². The number of hydrogen-bond donors (Lipinski definition) is 1. The molecule has 4 rings (SSSR count). The van der Waals surface area contributed by atoms with Crippen LogP contribution in [0.1, 0.15) is 15.9 Å². The molecule has 0 saturated heterocycles. The quantitative estimate of drug-likeness (QED) is 0.438. The Hall–Kier alpha value is -3.44. The van der Waals surface area contributed by atoms with E-state index in [0.717, 1.165) is 33.3 Å². The number of carbonyl (C=O) groups is 1. The molecule has 0 radical (unpaired) electrons. The van der Waals surface area contributed by atoms with Crippen LogP contribution in [0.2, 0.25) is 0 Å². The van der Waals surface area contributed by atoms with Crippen molar-refractivity contribution >= 4 is 33.8 Å². The number of nitrogens with zero attached hydrogens (tertiary/aromatic N) is 2. The van der Waals surface area contributed by atoms with Gasteiger partial charge in [-0.2, -0.15) is 0 Å². The van der Waals surface area contributed by atoms with Gasteiger partial charge in [-0.15, -0.1) is 11.3 Å². The van der Waals surface area contributed by atoms with Crippen LogP contribution < -0.4 is 10.2 Å². The van der Waals surface area contributed by atoms with Gasteiger partial charge in [0.05, 0.1) is 5.69 Å². The van der Waals surface area contributed by atoms with Crippen molar-refractivity contribution in [2.75, 3.05) is 17.3 Å². The highest BCUT2D eigenvalue weighted by atomic mass is 32.1. The van der Waals surface area contributed by atoms with Crippen LogP contribution in [0.5, 0.6) is 0 Å². The lowest BCUT2D eigenvalue weighted by Crippen LogP contribution is -2.13. The van der Waals surface area contributed by atoms with Crippen molar-refractivity contribution in [2.24, 2.45) is 0 Å². The Labute approximate surface area is 174 Å². The summed E-state index contributed by atoms with van der Waals surface area (Å²) in [5.74, 6) is -0.101. The fraction of sp³-hybridized carbons (Fsp3) is 0.0833. The summed E-state index contributed by atoms with van der Waals surface area (Å²) in [6.07, 6.45) is 0. The molecule has 1 amide bonds. The Balaban J connectivity index is 1.48. The van der Waals surface area contributed by atoms with Crippen LogP contribution in [0.3, 0.4) is 0 Å². The zero-order chi connectivity index (χ0) is 20.2. The van der Waals surface area contributed by atoms with Gasteiger partial charge < -0.3 is 10.2 Å². The van der Waals surface area contributed by atoms with Gasteiger partial charge in [0.15, 0.2) is 5.13 Å². The maximum atomic E-state index is 12.5. The molecule has 0 saturated carbocycles. The number of anilines is 3. The average Bonchev–Trinajstić information content (AvgIpc) is 3.25. The van der Waals surface area contributed by atoms with Crippen molar-refractivity contribution in [2.45, 2.75) is 6.92 Å². The number of thiazole rings is 1. The highest BCUT2D eigenvalue weighted by Gasteiger charge is 2.11. The second kappa shape index (κ2) is 8.29. The van der Waals surface area contributed by atoms with Crippen LogP contribution in [-0.2, 0) is 0 Å². The van der Waals surface area contributed by atoms with Gasteiger partial charge in [0.25, 0.3) is 5.91 Å². The number of para-hydroxylation sites is 1. The van der Waals surface area contributed by atoms with Gasteiger partial charge in [-0.25, -0.2) is 4.98 Å². The molecule has 29 heavy (non-hydrogen) atoms. The predicted molar refractivity (Wildman–Crippen MR) is 121 cm³/mol. The zero-order valence-corrected chi connectivity index (χ0v) is 17.1. The largest absolute Gasteiger partial charge is 0.322 e. The minimum absolute atomic E-state index is 0.101. The monoisotopic (exact) mass is 399 g/mol. The maximum absolute atomic E-state index is 12.5.